The van der Waals surface area contributed by atoms with Crippen LogP contribution in [0.3, 0.4) is 0 Å². The fraction of sp³-hybridized carbons (Fsp3) is 0.643. The maximum absolute atomic E-state index is 5.56. The van der Waals surface area contributed by atoms with Crippen molar-refractivity contribution in [3.05, 3.63) is 24.0 Å². The van der Waals surface area contributed by atoms with Gasteiger partial charge in [0.25, 0.3) is 0 Å². The van der Waals surface area contributed by atoms with Crippen LogP contribution in [0.15, 0.2) is 18.3 Å². The van der Waals surface area contributed by atoms with Crippen molar-refractivity contribution in [2.75, 3.05) is 6.61 Å². The van der Waals surface area contributed by atoms with Crippen molar-refractivity contribution in [3.63, 3.8) is 0 Å². The number of nitrogens with one attached hydrogen (secondary N) is 1. The molecule has 1 heterocycles. The summed E-state index contributed by atoms with van der Waals surface area (Å²) in [5.41, 5.74) is 1.17. The van der Waals surface area contributed by atoms with Crippen LogP contribution in [0.1, 0.15) is 46.2 Å². The highest BCUT2D eigenvalue weighted by atomic mass is 16.5. The molecule has 0 aromatic carbocycles. The fourth-order valence-corrected chi connectivity index (χ4v) is 1.29. The molecule has 0 bridgehead atoms. The Kier molecular flexibility index (Phi) is 5.42. The van der Waals surface area contributed by atoms with E-state index in [4.69, 9.17) is 4.74 Å². The third kappa shape index (κ3) is 6.27. The highest BCUT2D eigenvalue weighted by Crippen LogP contribution is 2.10. The molecular weight excluding hydrogens is 212 g/mol. The summed E-state index contributed by atoms with van der Waals surface area (Å²) in [6.45, 7) is 10.2. The fourth-order valence-electron chi connectivity index (χ4n) is 1.29. The topological polar surface area (TPSA) is 34.1 Å². The van der Waals surface area contributed by atoms with Gasteiger partial charge in [0.15, 0.2) is 0 Å². The van der Waals surface area contributed by atoms with Crippen LogP contribution >= 0.6 is 0 Å². The first kappa shape index (κ1) is 14.0. The van der Waals surface area contributed by atoms with Crippen molar-refractivity contribution in [3.8, 4) is 5.75 Å². The second-order valence-electron chi connectivity index (χ2n) is 5.29. The van der Waals surface area contributed by atoms with Gasteiger partial charge in [-0.15, -0.1) is 0 Å². The lowest BCUT2D eigenvalue weighted by atomic mass is 10.1. The van der Waals surface area contributed by atoms with E-state index in [2.05, 4.69) is 38.0 Å². The molecule has 0 aliphatic carbocycles. The first-order chi connectivity index (χ1) is 8.01. The quantitative estimate of drug-likeness (QED) is 0.770. The Balaban J connectivity index is 2.39. The van der Waals surface area contributed by atoms with Crippen LogP contribution in [-0.2, 0) is 6.54 Å². The molecule has 0 radical (unpaired) electrons. The number of aromatic nitrogens is 1. The third-order valence-electron chi connectivity index (χ3n) is 2.36. The Bertz CT molecular complexity index is 314. The molecule has 96 valence electrons. The Morgan fingerprint density at radius 3 is 2.59 bits per heavy atom. The largest absolute Gasteiger partial charge is 0.492 e. The molecule has 0 unspecified atom stereocenters. The van der Waals surface area contributed by atoms with Crippen LogP contribution in [0.2, 0.25) is 0 Å². The Morgan fingerprint density at radius 2 is 2.06 bits per heavy atom. The number of ether oxygens (including phenoxy) is 1. The summed E-state index contributed by atoms with van der Waals surface area (Å²) < 4.78 is 5.56. The number of hydrogen-bond donors (Lipinski definition) is 1. The predicted molar refractivity (Wildman–Crippen MR) is 71.2 cm³/mol. The van der Waals surface area contributed by atoms with Gasteiger partial charge in [-0.1, -0.05) is 13.3 Å². The summed E-state index contributed by atoms with van der Waals surface area (Å²) in [5, 5.41) is 3.41. The number of rotatable bonds is 6. The van der Waals surface area contributed by atoms with E-state index in [1.54, 1.807) is 6.20 Å². The summed E-state index contributed by atoms with van der Waals surface area (Å²) in [7, 11) is 0. The molecule has 0 atom stereocenters. The van der Waals surface area contributed by atoms with Gasteiger partial charge in [0, 0.05) is 12.1 Å². The van der Waals surface area contributed by atoms with E-state index in [1.807, 2.05) is 12.1 Å². The lowest BCUT2D eigenvalue weighted by molar-refractivity contribution is 0.308. The monoisotopic (exact) mass is 236 g/mol. The Labute approximate surface area is 105 Å². The van der Waals surface area contributed by atoms with Gasteiger partial charge in [0.2, 0.25) is 0 Å². The van der Waals surface area contributed by atoms with E-state index in [9.17, 15) is 0 Å². The van der Waals surface area contributed by atoms with Gasteiger partial charge in [0.05, 0.1) is 18.5 Å². The number of unbranched alkanes of at least 4 members (excludes halogenated alkanes) is 1. The SMILES string of the molecule is CCCCOc1ccc(CNC(C)(C)C)nc1. The number of pyridine rings is 1. The van der Waals surface area contributed by atoms with Crippen LogP contribution in [0.25, 0.3) is 0 Å². The molecular formula is C14H24N2O. The van der Waals surface area contributed by atoms with Crippen molar-refractivity contribution in [1.82, 2.24) is 10.3 Å². The second kappa shape index (κ2) is 6.60. The number of nitrogens with zero attached hydrogens (tertiary/aromatic N) is 1. The molecule has 1 aromatic heterocycles. The molecule has 1 rings (SSSR count). The molecule has 1 N–H and O–H groups in total. The molecule has 0 saturated heterocycles. The molecule has 3 heteroatoms. The maximum atomic E-state index is 5.56. The zero-order valence-electron chi connectivity index (χ0n) is 11.4. The maximum Gasteiger partial charge on any atom is 0.137 e. The van der Waals surface area contributed by atoms with Gasteiger partial charge < -0.3 is 10.1 Å². The van der Waals surface area contributed by atoms with Gasteiger partial charge in [-0.05, 0) is 39.3 Å². The second-order valence-corrected chi connectivity index (χ2v) is 5.29. The highest BCUT2D eigenvalue weighted by Gasteiger charge is 2.08. The minimum absolute atomic E-state index is 0.123. The summed E-state index contributed by atoms with van der Waals surface area (Å²) in [5.74, 6) is 0.859. The first-order valence-electron chi connectivity index (χ1n) is 6.34. The lowest BCUT2D eigenvalue weighted by Crippen LogP contribution is -2.35. The molecule has 0 amide bonds. The van der Waals surface area contributed by atoms with Gasteiger partial charge >= 0.3 is 0 Å². The smallest absolute Gasteiger partial charge is 0.137 e. The van der Waals surface area contributed by atoms with Crippen LogP contribution in [-0.4, -0.2) is 17.1 Å². The zero-order valence-corrected chi connectivity index (χ0v) is 11.4. The van der Waals surface area contributed by atoms with Crippen molar-refractivity contribution < 1.29 is 4.74 Å². The third-order valence-corrected chi connectivity index (χ3v) is 2.36. The van der Waals surface area contributed by atoms with Gasteiger partial charge in [-0.2, -0.15) is 0 Å². The van der Waals surface area contributed by atoms with E-state index < -0.39 is 0 Å². The van der Waals surface area contributed by atoms with E-state index in [-0.39, 0.29) is 5.54 Å². The summed E-state index contributed by atoms with van der Waals surface area (Å²) in [4.78, 5) is 4.37. The standard InChI is InChI=1S/C14H24N2O/c1-5-6-9-17-13-8-7-12(15-11-13)10-16-14(2,3)4/h7-8,11,16H,5-6,9-10H2,1-4H3. The molecule has 17 heavy (non-hydrogen) atoms. The van der Waals surface area contributed by atoms with E-state index in [0.717, 1.165) is 37.4 Å². The van der Waals surface area contributed by atoms with Crippen LogP contribution in [0, 0.1) is 0 Å². The molecule has 1 aromatic rings. The number of hydrogen-bond acceptors (Lipinski definition) is 3. The van der Waals surface area contributed by atoms with Crippen molar-refractivity contribution >= 4 is 0 Å². The van der Waals surface area contributed by atoms with Crippen molar-refractivity contribution in [2.24, 2.45) is 0 Å². The van der Waals surface area contributed by atoms with Crippen molar-refractivity contribution in [1.29, 1.82) is 0 Å². The molecule has 3 nitrogen and oxygen atoms in total. The molecule has 0 aliphatic heterocycles. The van der Waals surface area contributed by atoms with Gasteiger partial charge in [0.1, 0.15) is 5.75 Å². The lowest BCUT2D eigenvalue weighted by Gasteiger charge is -2.20. The molecule has 0 aliphatic rings. The van der Waals surface area contributed by atoms with Gasteiger partial charge in [-0.3, -0.25) is 4.98 Å². The highest BCUT2D eigenvalue weighted by molar-refractivity contribution is 5.19. The van der Waals surface area contributed by atoms with E-state index in [0.29, 0.717) is 0 Å². The Morgan fingerprint density at radius 1 is 1.29 bits per heavy atom. The normalized spacial score (nSPS) is 11.5. The minimum atomic E-state index is 0.123. The van der Waals surface area contributed by atoms with Gasteiger partial charge in [-0.25, -0.2) is 0 Å². The molecule has 0 spiro atoms. The summed E-state index contributed by atoms with van der Waals surface area (Å²) >= 11 is 0. The van der Waals surface area contributed by atoms with Crippen LogP contribution in [0.4, 0.5) is 0 Å². The van der Waals surface area contributed by atoms with E-state index in [1.165, 1.54) is 0 Å². The Hall–Kier alpha value is -1.09. The summed E-state index contributed by atoms with van der Waals surface area (Å²) in [6, 6.07) is 4.00. The predicted octanol–water partition coefficient (Wildman–Crippen LogP) is 3.15. The van der Waals surface area contributed by atoms with Crippen LogP contribution in [0.5, 0.6) is 5.75 Å². The van der Waals surface area contributed by atoms with E-state index >= 15 is 0 Å². The summed E-state index contributed by atoms with van der Waals surface area (Å²) in [6.07, 6.45) is 4.05. The van der Waals surface area contributed by atoms with Crippen molar-refractivity contribution in [2.45, 2.75) is 52.6 Å². The zero-order chi connectivity index (χ0) is 12.7. The minimum Gasteiger partial charge on any atom is -0.492 e. The molecule has 0 fully saturated rings. The molecule has 0 saturated carbocycles. The first-order valence-corrected chi connectivity index (χ1v) is 6.34. The van der Waals surface area contributed by atoms with Crippen LogP contribution < -0.4 is 10.1 Å². The average Bonchev–Trinajstić information content (AvgIpc) is 2.27. The average molecular weight is 236 g/mol.